The topological polar surface area (TPSA) is 77.4 Å². The first kappa shape index (κ1) is 25.1. The molecule has 0 aromatic carbocycles. The van der Waals surface area contributed by atoms with E-state index in [1.54, 1.807) is 0 Å². The standard InChI is InChI=1S/C19H40N6.2ClH.Mn/c1-14-10-23-18-8-3-4-9-19(18)25(20)13-15(2)22-12-17-7-5-6-16(24-17)11-21-14;;;/h14-19,21-24H,3-13,20H2,1-2H3;2*1H;/q;;;+2/p-2/t14-,15+,16-,17-,18?,19?;;;/m0.../s1. The molecule has 167 valence electrons. The third-order valence-electron chi connectivity index (χ3n) is 6.33. The van der Waals surface area contributed by atoms with Gasteiger partial charge in [-0.1, -0.05) is 19.3 Å². The number of nitrogens with two attached hydrogens (primary N) is 1. The molecule has 2 aliphatic heterocycles. The van der Waals surface area contributed by atoms with Gasteiger partial charge in [0.25, 0.3) is 0 Å². The Balaban J connectivity index is 0.000000878. The predicted octanol–water partition coefficient (Wildman–Crippen LogP) is 1.92. The molecule has 0 spiro atoms. The van der Waals surface area contributed by atoms with Gasteiger partial charge in [-0.25, -0.2) is 5.01 Å². The molecule has 6 nitrogen and oxygen atoms in total. The van der Waals surface area contributed by atoms with Gasteiger partial charge < -0.3 is 21.3 Å². The summed E-state index contributed by atoms with van der Waals surface area (Å²) in [6.07, 6.45) is 9.00. The second-order valence-electron chi connectivity index (χ2n) is 8.73. The average molecular weight is 478 g/mol. The molecule has 9 heteroatoms. The fourth-order valence-corrected chi connectivity index (χ4v) is 4.78. The molecule has 2 bridgehead atoms. The molecule has 0 amide bonds. The normalized spacial score (nSPS) is 38.9. The monoisotopic (exact) mass is 477 g/mol. The Bertz CT molecular complexity index is 422. The first-order valence-electron chi connectivity index (χ1n) is 10.9. The summed E-state index contributed by atoms with van der Waals surface area (Å²) in [5, 5.41) is 17.2. The Morgan fingerprint density at radius 1 is 0.821 bits per heavy atom. The number of rotatable bonds is 0. The van der Waals surface area contributed by atoms with Crippen LogP contribution in [0.4, 0.5) is 0 Å². The third kappa shape index (κ3) is 8.93. The minimum atomic E-state index is 0.00694. The number of hydrazine groups is 1. The molecule has 0 aromatic rings. The summed E-state index contributed by atoms with van der Waals surface area (Å²) in [6, 6.07) is 3.12. The number of fused-ring (bicyclic) bond motifs is 3. The van der Waals surface area contributed by atoms with E-state index in [9.17, 15) is 0 Å². The first-order chi connectivity index (χ1) is 13.5. The van der Waals surface area contributed by atoms with Gasteiger partial charge in [0.15, 0.2) is 0 Å². The van der Waals surface area contributed by atoms with Crippen molar-refractivity contribution in [3.05, 3.63) is 0 Å². The van der Waals surface area contributed by atoms with Crippen molar-refractivity contribution in [2.45, 2.75) is 95.0 Å². The molecule has 6 atom stereocenters. The molecule has 3 rings (SSSR count). The molecule has 2 unspecified atom stereocenters. The van der Waals surface area contributed by atoms with E-state index in [0.29, 0.717) is 36.3 Å². The Labute approximate surface area is 186 Å². The Hall–Kier alpha value is 0.859. The molecule has 3 aliphatic rings. The van der Waals surface area contributed by atoms with Crippen LogP contribution in [0.5, 0.6) is 0 Å². The summed E-state index contributed by atoms with van der Waals surface area (Å²) < 4.78 is 0. The van der Waals surface area contributed by atoms with Crippen molar-refractivity contribution >= 4 is 20.2 Å². The maximum absolute atomic E-state index is 6.52. The van der Waals surface area contributed by atoms with Gasteiger partial charge in [0, 0.05) is 62.4 Å². The Morgan fingerprint density at radius 3 is 2.11 bits per heavy atom. The fraction of sp³-hybridized carbons (Fsp3) is 1.00. The van der Waals surface area contributed by atoms with Crippen LogP contribution in [-0.2, 0) is 13.1 Å². The van der Waals surface area contributed by atoms with Gasteiger partial charge in [0.05, 0.1) is 0 Å². The van der Waals surface area contributed by atoms with Crippen LogP contribution in [0.1, 0.15) is 58.8 Å². The minimum absolute atomic E-state index is 0.00694. The third-order valence-corrected chi connectivity index (χ3v) is 6.33. The van der Waals surface area contributed by atoms with Crippen LogP contribution in [0, 0.1) is 0 Å². The van der Waals surface area contributed by atoms with Gasteiger partial charge in [0.2, 0.25) is 0 Å². The van der Waals surface area contributed by atoms with Crippen molar-refractivity contribution < 1.29 is 13.1 Å². The zero-order chi connectivity index (χ0) is 20.4. The summed E-state index contributed by atoms with van der Waals surface area (Å²) in [6.45, 7) is 8.64. The van der Waals surface area contributed by atoms with Crippen LogP contribution in [0.25, 0.3) is 0 Å². The van der Waals surface area contributed by atoms with E-state index in [0.717, 1.165) is 26.2 Å². The Morgan fingerprint density at radius 2 is 1.43 bits per heavy atom. The van der Waals surface area contributed by atoms with Crippen molar-refractivity contribution in [1.29, 1.82) is 0 Å². The molecule has 1 aliphatic carbocycles. The molecule has 1 saturated carbocycles. The van der Waals surface area contributed by atoms with E-state index >= 15 is 0 Å². The number of hydrogen-bond donors (Lipinski definition) is 5. The zero-order valence-electron chi connectivity index (χ0n) is 17.4. The van der Waals surface area contributed by atoms with Gasteiger partial charge in [-0.2, -0.15) is 0 Å². The van der Waals surface area contributed by atoms with E-state index in [4.69, 9.17) is 26.0 Å². The van der Waals surface area contributed by atoms with Gasteiger partial charge in [-0.15, -0.1) is 0 Å². The Kier molecular flexibility index (Phi) is 12.6. The van der Waals surface area contributed by atoms with Crippen LogP contribution < -0.4 is 27.1 Å². The van der Waals surface area contributed by atoms with Crippen molar-refractivity contribution in [2.24, 2.45) is 5.84 Å². The summed E-state index contributed by atoms with van der Waals surface area (Å²) in [4.78, 5) is 0. The van der Waals surface area contributed by atoms with Crippen LogP contribution in [0.3, 0.4) is 0 Å². The molecule has 3 fully saturated rings. The van der Waals surface area contributed by atoms with E-state index in [1.807, 2.05) is 0 Å². The second-order valence-corrected chi connectivity index (χ2v) is 10.7. The van der Waals surface area contributed by atoms with Crippen molar-refractivity contribution in [1.82, 2.24) is 26.3 Å². The van der Waals surface area contributed by atoms with Crippen LogP contribution in [-0.4, -0.2) is 67.4 Å². The molecule has 0 radical (unpaired) electrons. The van der Waals surface area contributed by atoms with Gasteiger partial charge >= 0.3 is 33.3 Å². The summed E-state index contributed by atoms with van der Waals surface area (Å²) in [5.41, 5.74) is 0. The van der Waals surface area contributed by atoms with E-state index in [-0.39, 0.29) is 13.1 Å². The van der Waals surface area contributed by atoms with Gasteiger partial charge in [-0.3, -0.25) is 5.84 Å². The van der Waals surface area contributed by atoms with E-state index < -0.39 is 0 Å². The number of hydrogen-bond acceptors (Lipinski definition) is 6. The fourth-order valence-electron chi connectivity index (χ4n) is 4.78. The summed E-state index contributed by atoms with van der Waals surface area (Å²) in [5.74, 6) is 6.52. The van der Waals surface area contributed by atoms with Crippen molar-refractivity contribution in [3.8, 4) is 0 Å². The van der Waals surface area contributed by atoms with E-state index in [2.05, 4.69) is 40.1 Å². The molecule has 2 heterocycles. The van der Waals surface area contributed by atoms with Crippen molar-refractivity contribution in [2.75, 3.05) is 26.2 Å². The number of nitrogens with one attached hydrogen (secondary N) is 4. The number of nitrogens with zero attached hydrogens (tertiary/aromatic N) is 1. The average Bonchev–Trinajstić information content (AvgIpc) is 2.70. The van der Waals surface area contributed by atoms with Gasteiger partial charge in [0.1, 0.15) is 0 Å². The molecular formula is C19H40Cl2MnN6. The molecule has 2 saturated heterocycles. The second kappa shape index (κ2) is 14.0. The zero-order valence-corrected chi connectivity index (χ0v) is 20.1. The number of halogens is 2. The quantitative estimate of drug-likeness (QED) is 0.271. The van der Waals surface area contributed by atoms with Crippen LogP contribution in [0.15, 0.2) is 0 Å². The molecular weight excluding hydrogens is 438 g/mol. The molecule has 28 heavy (non-hydrogen) atoms. The SMILES string of the molecule is C[C@@H]1CN(N)C2CCCCC2NC[C@H](C)NC[C@@H]2CCC[C@@H](CN1)N2.[Cl][Mn][Cl]. The molecule has 0 aromatic heterocycles. The first-order valence-corrected chi connectivity index (χ1v) is 14.1. The summed E-state index contributed by atoms with van der Waals surface area (Å²) >= 11 is 0.00694. The summed E-state index contributed by atoms with van der Waals surface area (Å²) in [7, 11) is 9.59. The number of piperidine rings is 1. The molecule has 6 N–H and O–H groups in total. The van der Waals surface area contributed by atoms with E-state index in [1.165, 1.54) is 44.9 Å². The predicted molar refractivity (Wildman–Crippen MR) is 116 cm³/mol. The van der Waals surface area contributed by atoms with Crippen LogP contribution >= 0.6 is 20.2 Å². The maximum atomic E-state index is 6.52. The van der Waals surface area contributed by atoms with Crippen LogP contribution in [0.2, 0.25) is 0 Å². The van der Waals surface area contributed by atoms with Crippen molar-refractivity contribution in [3.63, 3.8) is 0 Å². The van der Waals surface area contributed by atoms with Gasteiger partial charge in [-0.05, 0) is 39.5 Å².